The fraction of sp³-hybridized carbons (Fsp3) is 0.438. The van der Waals surface area contributed by atoms with Crippen LogP contribution in [0.2, 0.25) is 0 Å². The lowest BCUT2D eigenvalue weighted by molar-refractivity contribution is 0.160. The Hall–Kier alpha value is -1.97. The van der Waals surface area contributed by atoms with Gasteiger partial charge in [0.15, 0.2) is 0 Å². The fourth-order valence-corrected chi connectivity index (χ4v) is 3.05. The zero-order valence-electron chi connectivity index (χ0n) is 11.9. The van der Waals surface area contributed by atoms with E-state index in [1.54, 1.807) is 0 Å². The molecular formula is C16H21N3O. The van der Waals surface area contributed by atoms with Gasteiger partial charge < -0.3 is 15.2 Å². The van der Waals surface area contributed by atoms with Crippen molar-refractivity contribution in [2.24, 2.45) is 0 Å². The van der Waals surface area contributed by atoms with Gasteiger partial charge in [-0.1, -0.05) is 25.1 Å². The second-order valence-corrected chi connectivity index (χ2v) is 5.43. The number of benzene rings is 1. The summed E-state index contributed by atoms with van der Waals surface area (Å²) >= 11 is 0. The molecule has 106 valence electrons. The number of urea groups is 1. The predicted molar refractivity (Wildman–Crippen MR) is 82.0 cm³/mol. The SMILES string of the molecule is CC[C@H]1CCCCN1C(=O)Nc1c[nH]c2ccccc12. The van der Waals surface area contributed by atoms with E-state index < -0.39 is 0 Å². The van der Waals surface area contributed by atoms with Crippen LogP contribution in [0.4, 0.5) is 10.5 Å². The largest absolute Gasteiger partial charge is 0.359 e. The van der Waals surface area contributed by atoms with Crippen LogP contribution in [0.1, 0.15) is 32.6 Å². The van der Waals surface area contributed by atoms with Crippen LogP contribution >= 0.6 is 0 Å². The molecule has 20 heavy (non-hydrogen) atoms. The van der Waals surface area contributed by atoms with Crippen LogP contribution in [-0.2, 0) is 0 Å². The van der Waals surface area contributed by atoms with E-state index >= 15 is 0 Å². The van der Waals surface area contributed by atoms with E-state index in [4.69, 9.17) is 0 Å². The number of fused-ring (bicyclic) bond motifs is 1. The van der Waals surface area contributed by atoms with Crippen LogP contribution in [0.15, 0.2) is 30.5 Å². The molecule has 0 aliphatic carbocycles. The summed E-state index contributed by atoms with van der Waals surface area (Å²) in [6.45, 7) is 3.02. The van der Waals surface area contributed by atoms with Gasteiger partial charge in [0.25, 0.3) is 0 Å². The van der Waals surface area contributed by atoms with Gasteiger partial charge in [-0.15, -0.1) is 0 Å². The third kappa shape index (κ3) is 2.38. The average molecular weight is 271 g/mol. The molecule has 1 fully saturated rings. The van der Waals surface area contributed by atoms with E-state index in [0.717, 1.165) is 42.4 Å². The Labute approximate surface area is 119 Å². The van der Waals surface area contributed by atoms with Gasteiger partial charge in [0.05, 0.1) is 5.69 Å². The summed E-state index contributed by atoms with van der Waals surface area (Å²) in [6.07, 6.45) is 6.36. The lowest BCUT2D eigenvalue weighted by atomic mass is 10.0. The Morgan fingerprint density at radius 2 is 2.25 bits per heavy atom. The quantitative estimate of drug-likeness (QED) is 0.853. The molecule has 1 atom stereocenters. The lowest BCUT2D eigenvalue weighted by Crippen LogP contribution is -2.45. The van der Waals surface area contributed by atoms with Gasteiger partial charge in [-0.3, -0.25) is 0 Å². The highest BCUT2D eigenvalue weighted by Gasteiger charge is 2.25. The number of anilines is 1. The molecule has 0 bridgehead atoms. The average Bonchev–Trinajstić information content (AvgIpc) is 2.90. The van der Waals surface area contributed by atoms with Crippen LogP contribution in [0, 0.1) is 0 Å². The van der Waals surface area contributed by atoms with Crippen LogP contribution < -0.4 is 5.32 Å². The number of aromatic amines is 1. The van der Waals surface area contributed by atoms with E-state index in [1.165, 1.54) is 6.42 Å². The maximum absolute atomic E-state index is 12.5. The molecule has 4 heteroatoms. The molecule has 1 aliphatic heterocycles. The second-order valence-electron chi connectivity index (χ2n) is 5.43. The number of carbonyl (C=O) groups excluding carboxylic acids is 1. The molecule has 0 radical (unpaired) electrons. The number of nitrogens with one attached hydrogen (secondary N) is 2. The molecule has 2 heterocycles. The third-order valence-corrected chi connectivity index (χ3v) is 4.19. The number of para-hydroxylation sites is 1. The number of aromatic nitrogens is 1. The van der Waals surface area contributed by atoms with Gasteiger partial charge in [0, 0.05) is 29.7 Å². The Morgan fingerprint density at radius 3 is 3.10 bits per heavy atom. The minimum absolute atomic E-state index is 0.0290. The summed E-state index contributed by atoms with van der Waals surface area (Å²) in [5.74, 6) is 0. The molecule has 1 saturated heterocycles. The highest BCUT2D eigenvalue weighted by Crippen LogP contribution is 2.25. The Kier molecular flexibility index (Phi) is 3.63. The first-order valence-electron chi connectivity index (χ1n) is 7.43. The molecule has 2 aromatic rings. The number of H-pyrrole nitrogens is 1. The summed E-state index contributed by atoms with van der Waals surface area (Å²) in [5, 5.41) is 4.12. The van der Waals surface area contributed by atoms with Crippen molar-refractivity contribution in [3.05, 3.63) is 30.5 Å². The van der Waals surface area contributed by atoms with Crippen molar-refractivity contribution in [3.63, 3.8) is 0 Å². The fourth-order valence-electron chi connectivity index (χ4n) is 3.05. The number of amides is 2. The zero-order chi connectivity index (χ0) is 13.9. The number of likely N-dealkylation sites (tertiary alicyclic amines) is 1. The molecule has 2 N–H and O–H groups in total. The highest BCUT2D eigenvalue weighted by atomic mass is 16.2. The summed E-state index contributed by atoms with van der Waals surface area (Å²) < 4.78 is 0. The number of hydrogen-bond donors (Lipinski definition) is 2. The van der Waals surface area contributed by atoms with E-state index in [9.17, 15) is 4.79 Å². The first-order chi connectivity index (χ1) is 9.79. The van der Waals surface area contributed by atoms with Crippen LogP contribution in [0.5, 0.6) is 0 Å². The topological polar surface area (TPSA) is 48.1 Å². The molecule has 1 aromatic carbocycles. The van der Waals surface area contributed by atoms with Crippen LogP contribution in [0.25, 0.3) is 10.9 Å². The van der Waals surface area contributed by atoms with E-state index in [-0.39, 0.29) is 6.03 Å². The van der Waals surface area contributed by atoms with Crippen molar-refractivity contribution < 1.29 is 4.79 Å². The molecule has 1 aliphatic rings. The van der Waals surface area contributed by atoms with Gasteiger partial charge in [-0.25, -0.2) is 4.79 Å². The molecule has 0 unspecified atom stereocenters. The summed E-state index contributed by atoms with van der Waals surface area (Å²) in [5.41, 5.74) is 1.92. The minimum atomic E-state index is 0.0290. The second kappa shape index (κ2) is 5.57. The normalized spacial score (nSPS) is 19.2. The van der Waals surface area contributed by atoms with Gasteiger partial charge in [0.2, 0.25) is 0 Å². The standard InChI is InChI=1S/C16H21N3O/c1-2-12-7-5-6-10-19(12)16(20)18-15-11-17-14-9-4-3-8-13(14)15/h3-4,8-9,11-12,17H,2,5-7,10H2,1H3,(H,18,20)/t12-/m0/s1. The van der Waals surface area contributed by atoms with Crippen molar-refractivity contribution >= 4 is 22.6 Å². The number of piperidine rings is 1. The van der Waals surface area contributed by atoms with Gasteiger partial charge in [-0.2, -0.15) is 0 Å². The number of hydrogen-bond acceptors (Lipinski definition) is 1. The molecule has 2 amide bonds. The molecule has 1 aromatic heterocycles. The van der Waals surface area contributed by atoms with Crippen molar-refractivity contribution in [2.75, 3.05) is 11.9 Å². The maximum Gasteiger partial charge on any atom is 0.322 e. The van der Waals surface area contributed by atoms with E-state index in [0.29, 0.717) is 6.04 Å². The minimum Gasteiger partial charge on any atom is -0.359 e. The number of rotatable bonds is 2. The van der Waals surface area contributed by atoms with Crippen LogP contribution in [-0.4, -0.2) is 28.5 Å². The Morgan fingerprint density at radius 1 is 1.40 bits per heavy atom. The lowest BCUT2D eigenvalue weighted by Gasteiger charge is -2.35. The number of nitrogens with zero attached hydrogens (tertiary/aromatic N) is 1. The van der Waals surface area contributed by atoms with E-state index in [2.05, 4.69) is 17.2 Å². The maximum atomic E-state index is 12.5. The van der Waals surface area contributed by atoms with Crippen molar-refractivity contribution in [1.29, 1.82) is 0 Å². The van der Waals surface area contributed by atoms with Gasteiger partial charge >= 0.3 is 6.03 Å². The first kappa shape index (κ1) is 13.0. The highest BCUT2D eigenvalue weighted by molar-refractivity contribution is 6.01. The summed E-state index contributed by atoms with van der Waals surface area (Å²) in [7, 11) is 0. The molecule has 0 saturated carbocycles. The monoisotopic (exact) mass is 271 g/mol. The van der Waals surface area contributed by atoms with E-state index in [1.807, 2.05) is 35.4 Å². The molecule has 0 spiro atoms. The molecular weight excluding hydrogens is 250 g/mol. The molecule has 4 nitrogen and oxygen atoms in total. The molecule has 3 rings (SSSR count). The summed E-state index contributed by atoms with van der Waals surface area (Å²) in [6, 6.07) is 8.43. The summed E-state index contributed by atoms with van der Waals surface area (Å²) in [4.78, 5) is 17.7. The van der Waals surface area contributed by atoms with Crippen molar-refractivity contribution in [2.45, 2.75) is 38.6 Å². The first-order valence-corrected chi connectivity index (χ1v) is 7.43. The third-order valence-electron chi connectivity index (χ3n) is 4.19. The van der Waals surface area contributed by atoms with Crippen LogP contribution in [0.3, 0.4) is 0 Å². The predicted octanol–water partition coefficient (Wildman–Crippen LogP) is 3.96. The Bertz CT molecular complexity index is 605. The Balaban J connectivity index is 1.78. The number of carbonyl (C=O) groups is 1. The van der Waals surface area contributed by atoms with Crippen molar-refractivity contribution in [1.82, 2.24) is 9.88 Å². The zero-order valence-corrected chi connectivity index (χ0v) is 11.9. The van der Waals surface area contributed by atoms with Gasteiger partial charge in [-0.05, 0) is 31.7 Å². The smallest absolute Gasteiger partial charge is 0.322 e. The van der Waals surface area contributed by atoms with Gasteiger partial charge in [0.1, 0.15) is 0 Å². The van der Waals surface area contributed by atoms with Crippen molar-refractivity contribution in [3.8, 4) is 0 Å².